The Hall–Kier alpha value is -2.68. The number of nitrogens with zero attached hydrogens (tertiary/aromatic N) is 1. The number of anilines is 1. The topological polar surface area (TPSA) is 95.6 Å². The fourth-order valence-corrected chi connectivity index (χ4v) is 5.15. The highest BCUT2D eigenvalue weighted by Gasteiger charge is 2.29. The Morgan fingerprint density at radius 3 is 2.50 bits per heavy atom. The Morgan fingerprint density at radius 2 is 1.81 bits per heavy atom. The zero-order valence-electron chi connectivity index (χ0n) is 17.8. The van der Waals surface area contributed by atoms with E-state index in [2.05, 4.69) is 24.1 Å². The van der Waals surface area contributed by atoms with Gasteiger partial charge in [-0.25, -0.2) is 8.42 Å². The van der Waals surface area contributed by atoms with E-state index in [0.29, 0.717) is 19.0 Å². The van der Waals surface area contributed by atoms with Crippen molar-refractivity contribution in [3.05, 3.63) is 71.3 Å². The number of amides is 2. The number of hydrogen-bond donors (Lipinski definition) is 2. The quantitative estimate of drug-likeness (QED) is 0.593. The Labute approximate surface area is 193 Å². The summed E-state index contributed by atoms with van der Waals surface area (Å²) in [7, 11) is -3.74. The molecule has 0 radical (unpaired) electrons. The molecule has 0 atom stereocenters. The molecule has 7 nitrogen and oxygen atoms in total. The zero-order chi connectivity index (χ0) is 23.3. The fraction of sp³-hybridized carbons (Fsp3) is 0.304. The molecule has 1 aliphatic heterocycles. The number of benzene rings is 2. The molecule has 2 aromatic carbocycles. The van der Waals surface area contributed by atoms with Crippen molar-refractivity contribution in [1.82, 2.24) is 9.62 Å². The predicted octanol–water partition coefficient (Wildman–Crippen LogP) is 3.93. The lowest BCUT2D eigenvalue weighted by Gasteiger charge is -2.29. The van der Waals surface area contributed by atoms with Crippen LogP contribution in [0.3, 0.4) is 0 Å². The first-order valence-corrected chi connectivity index (χ1v) is 12.1. The first kappa shape index (κ1) is 24.0. The van der Waals surface area contributed by atoms with Gasteiger partial charge in [-0.05, 0) is 49.1 Å². The van der Waals surface area contributed by atoms with E-state index in [4.69, 9.17) is 11.6 Å². The Balaban J connectivity index is 1.86. The van der Waals surface area contributed by atoms with Gasteiger partial charge in [0.2, 0.25) is 10.0 Å². The summed E-state index contributed by atoms with van der Waals surface area (Å²) in [6.45, 7) is 6.83. The van der Waals surface area contributed by atoms with Crippen LogP contribution in [0.1, 0.15) is 40.5 Å². The molecule has 0 aliphatic carbocycles. The highest BCUT2D eigenvalue weighted by molar-refractivity contribution is 7.89. The summed E-state index contributed by atoms with van der Waals surface area (Å²) < 4.78 is 27.6. The van der Waals surface area contributed by atoms with Gasteiger partial charge in [0, 0.05) is 19.6 Å². The minimum Gasteiger partial charge on any atom is -0.349 e. The van der Waals surface area contributed by atoms with Gasteiger partial charge in [-0.1, -0.05) is 36.7 Å². The maximum atomic E-state index is 13.1. The van der Waals surface area contributed by atoms with Crippen molar-refractivity contribution in [1.29, 1.82) is 0 Å². The third-order valence-corrected chi connectivity index (χ3v) is 7.61. The van der Waals surface area contributed by atoms with Crippen LogP contribution >= 0.6 is 11.6 Å². The highest BCUT2D eigenvalue weighted by atomic mass is 35.5. The average Bonchev–Trinajstić information content (AvgIpc) is 2.78. The molecular weight excluding hydrogens is 450 g/mol. The van der Waals surface area contributed by atoms with Gasteiger partial charge in [-0.3, -0.25) is 9.59 Å². The third-order valence-electron chi connectivity index (χ3n) is 5.39. The van der Waals surface area contributed by atoms with E-state index in [-0.39, 0.29) is 39.2 Å². The molecule has 0 bridgehead atoms. The first-order chi connectivity index (χ1) is 15.2. The zero-order valence-corrected chi connectivity index (χ0v) is 19.4. The first-order valence-electron chi connectivity index (χ1n) is 10.3. The molecule has 0 aromatic heterocycles. The molecule has 0 unspecified atom stereocenters. The van der Waals surface area contributed by atoms with Crippen LogP contribution in [0.5, 0.6) is 0 Å². The standard InChI is InChI=1S/C23H26ClN3O4S/c1-3-12-25-22(28)18-6-4-5-7-21(18)26-23(29)19-15-17(8-9-20(19)24)32(30,31)27-13-10-16(2)11-14-27/h3-9,15-16H,1,10-14H2,2H3,(H,25,28)(H,26,29). The number of para-hydroxylation sites is 1. The van der Waals surface area contributed by atoms with Crippen LogP contribution in [0, 0.1) is 5.92 Å². The van der Waals surface area contributed by atoms with Gasteiger partial charge in [0.1, 0.15) is 0 Å². The molecule has 0 saturated carbocycles. The number of nitrogens with one attached hydrogen (secondary N) is 2. The number of hydrogen-bond acceptors (Lipinski definition) is 4. The van der Waals surface area contributed by atoms with Gasteiger partial charge in [-0.2, -0.15) is 4.31 Å². The SMILES string of the molecule is C=CCNC(=O)c1ccccc1NC(=O)c1cc(S(=O)(=O)N2CCC(C)CC2)ccc1Cl. The van der Waals surface area contributed by atoms with Crippen LogP contribution in [-0.4, -0.2) is 44.2 Å². The summed E-state index contributed by atoms with van der Waals surface area (Å²) >= 11 is 6.22. The van der Waals surface area contributed by atoms with Crippen LogP contribution in [0.15, 0.2) is 60.0 Å². The molecule has 1 heterocycles. The molecule has 2 aromatic rings. The van der Waals surface area contributed by atoms with Crippen molar-refractivity contribution in [2.24, 2.45) is 5.92 Å². The van der Waals surface area contributed by atoms with Crippen molar-refractivity contribution in [3.8, 4) is 0 Å². The third kappa shape index (κ3) is 5.38. The van der Waals surface area contributed by atoms with Crippen molar-refractivity contribution < 1.29 is 18.0 Å². The van der Waals surface area contributed by atoms with Crippen molar-refractivity contribution >= 4 is 39.1 Å². The molecule has 2 amide bonds. The number of rotatable bonds is 7. The van der Waals surface area contributed by atoms with Crippen molar-refractivity contribution in [2.45, 2.75) is 24.7 Å². The molecule has 2 N–H and O–H groups in total. The lowest BCUT2D eigenvalue weighted by Crippen LogP contribution is -2.37. The molecule has 32 heavy (non-hydrogen) atoms. The Bertz CT molecular complexity index is 1130. The minimum absolute atomic E-state index is 0.0126. The molecule has 1 fully saturated rings. The molecular formula is C23H26ClN3O4S. The number of halogens is 1. The molecule has 170 valence electrons. The Kier molecular flexibility index (Phi) is 7.71. The molecule has 9 heteroatoms. The summed E-state index contributed by atoms with van der Waals surface area (Å²) in [6.07, 6.45) is 3.14. The van der Waals surface area contributed by atoms with Crippen LogP contribution in [0.4, 0.5) is 5.69 Å². The maximum absolute atomic E-state index is 13.1. The van der Waals surface area contributed by atoms with Crippen LogP contribution < -0.4 is 10.6 Å². The van der Waals surface area contributed by atoms with Gasteiger partial charge in [-0.15, -0.1) is 6.58 Å². The van der Waals surface area contributed by atoms with E-state index in [1.165, 1.54) is 22.5 Å². The van der Waals surface area contributed by atoms with Crippen LogP contribution in [0.25, 0.3) is 0 Å². The second-order valence-electron chi connectivity index (χ2n) is 7.73. The lowest BCUT2D eigenvalue weighted by atomic mass is 10.0. The summed E-state index contributed by atoms with van der Waals surface area (Å²) in [4.78, 5) is 25.4. The second kappa shape index (κ2) is 10.3. The van der Waals surface area contributed by atoms with Gasteiger partial charge >= 0.3 is 0 Å². The smallest absolute Gasteiger partial charge is 0.257 e. The summed E-state index contributed by atoms with van der Waals surface area (Å²) in [5.74, 6) is -0.498. The summed E-state index contributed by atoms with van der Waals surface area (Å²) in [6, 6.07) is 10.6. The predicted molar refractivity (Wildman–Crippen MR) is 126 cm³/mol. The van der Waals surface area contributed by atoms with E-state index < -0.39 is 15.9 Å². The largest absolute Gasteiger partial charge is 0.349 e. The Morgan fingerprint density at radius 1 is 1.12 bits per heavy atom. The number of carbonyl (C=O) groups excluding carboxylic acids is 2. The molecule has 1 saturated heterocycles. The van der Waals surface area contributed by atoms with Gasteiger partial charge in [0.15, 0.2) is 0 Å². The summed E-state index contributed by atoms with van der Waals surface area (Å²) in [5.41, 5.74) is 0.567. The number of carbonyl (C=O) groups is 2. The van der Waals surface area contributed by atoms with Gasteiger partial charge in [0.25, 0.3) is 11.8 Å². The van der Waals surface area contributed by atoms with E-state index in [1.807, 2.05) is 0 Å². The van der Waals surface area contributed by atoms with E-state index >= 15 is 0 Å². The van der Waals surface area contributed by atoms with Crippen LogP contribution in [-0.2, 0) is 10.0 Å². The maximum Gasteiger partial charge on any atom is 0.257 e. The van der Waals surface area contributed by atoms with Crippen molar-refractivity contribution in [2.75, 3.05) is 25.0 Å². The van der Waals surface area contributed by atoms with Crippen LogP contribution in [0.2, 0.25) is 5.02 Å². The van der Waals surface area contributed by atoms with Gasteiger partial charge in [0.05, 0.1) is 26.7 Å². The number of sulfonamides is 1. The molecule has 1 aliphatic rings. The second-order valence-corrected chi connectivity index (χ2v) is 10.1. The minimum atomic E-state index is -3.74. The van der Waals surface area contributed by atoms with E-state index in [0.717, 1.165) is 12.8 Å². The van der Waals surface area contributed by atoms with E-state index in [9.17, 15) is 18.0 Å². The molecule has 3 rings (SSSR count). The van der Waals surface area contributed by atoms with Gasteiger partial charge < -0.3 is 10.6 Å². The molecule has 0 spiro atoms. The monoisotopic (exact) mass is 475 g/mol. The summed E-state index contributed by atoms with van der Waals surface area (Å²) in [5, 5.41) is 5.45. The van der Waals surface area contributed by atoms with Crippen molar-refractivity contribution in [3.63, 3.8) is 0 Å². The highest BCUT2D eigenvalue weighted by Crippen LogP contribution is 2.27. The average molecular weight is 476 g/mol. The number of piperidine rings is 1. The van der Waals surface area contributed by atoms with E-state index in [1.54, 1.807) is 30.3 Å². The normalized spacial score (nSPS) is 15.2. The fourth-order valence-electron chi connectivity index (χ4n) is 3.45. The lowest BCUT2D eigenvalue weighted by molar-refractivity contribution is 0.0959.